The first-order valence-electron chi connectivity index (χ1n) is 10.5. The second-order valence-corrected chi connectivity index (χ2v) is 8.09. The lowest BCUT2D eigenvalue weighted by molar-refractivity contribution is 0.570. The molecule has 0 spiro atoms. The molecule has 28 heavy (non-hydrogen) atoms. The van der Waals surface area contributed by atoms with Crippen molar-refractivity contribution in [1.29, 1.82) is 0 Å². The largest absolute Gasteiger partial charge is 0.461 e. The summed E-state index contributed by atoms with van der Waals surface area (Å²) < 4.78 is 12.2. The second kappa shape index (κ2) is 7.16. The zero-order valence-electron chi connectivity index (χ0n) is 18.0. The first-order valence-corrected chi connectivity index (χ1v) is 10.5. The van der Waals surface area contributed by atoms with E-state index in [0.29, 0.717) is 0 Å². The maximum Gasteiger partial charge on any atom is 0.137 e. The highest BCUT2D eigenvalue weighted by atomic mass is 16.3. The summed E-state index contributed by atoms with van der Waals surface area (Å²) in [6.07, 6.45) is 4.28. The molecule has 2 heteroatoms. The van der Waals surface area contributed by atoms with Crippen LogP contribution in [0, 0.1) is 27.7 Å². The summed E-state index contributed by atoms with van der Waals surface area (Å²) in [6.45, 7) is 12.9. The topological polar surface area (TPSA) is 26.3 Å². The van der Waals surface area contributed by atoms with Crippen LogP contribution >= 0.6 is 0 Å². The van der Waals surface area contributed by atoms with Gasteiger partial charge in [-0.1, -0.05) is 26.7 Å². The van der Waals surface area contributed by atoms with Gasteiger partial charge in [-0.2, -0.15) is 0 Å². The fourth-order valence-corrected chi connectivity index (χ4v) is 4.26. The molecule has 2 heterocycles. The number of benzene rings is 2. The average Bonchev–Trinajstić information content (AvgIpc) is 3.13. The monoisotopic (exact) mass is 374 g/mol. The van der Waals surface area contributed by atoms with Gasteiger partial charge in [0.1, 0.15) is 22.7 Å². The van der Waals surface area contributed by atoms with Crippen LogP contribution in [0.15, 0.2) is 33.1 Å². The lowest BCUT2D eigenvalue weighted by Gasteiger charge is -2.10. The highest BCUT2D eigenvalue weighted by Gasteiger charge is 2.17. The van der Waals surface area contributed by atoms with Crippen molar-refractivity contribution in [3.8, 4) is 11.1 Å². The average molecular weight is 375 g/mol. The van der Waals surface area contributed by atoms with Gasteiger partial charge in [0.2, 0.25) is 0 Å². The minimum absolute atomic E-state index is 1.02. The molecule has 146 valence electrons. The smallest absolute Gasteiger partial charge is 0.137 e. The van der Waals surface area contributed by atoms with E-state index in [1.165, 1.54) is 44.2 Å². The van der Waals surface area contributed by atoms with Crippen molar-refractivity contribution in [2.24, 2.45) is 0 Å². The van der Waals surface area contributed by atoms with E-state index in [1.54, 1.807) is 0 Å². The third kappa shape index (κ3) is 2.96. The molecule has 0 fully saturated rings. The maximum absolute atomic E-state index is 6.11. The van der Waals surface area contributed by atoms with E-state index in [0.717, 1.165) is 48.4 Å². The molecule has 0 unspecified atom stereocenters. The van der Waals surface area contributed by atoms with Gasteiger partial charge in [0.15, 0.2) is 0 Å². The molecule has 0 aliphatic rings. The van der Waals surface area contributed by atoms with Crippen LogP contribution in [0.25, 0.3) is 33.1 Å². The Labute approximate surface area is 167 Å². The normalized spacial score (nSPS) is 11.8. The van der Waals surface area contributed by atoms with E-state index in [1.807, 2.05) is 0 Å². The Kier molecular flexibility index (Phi) is 4.82. The number of fused-ring (bicyclic) bond motifs is 2. The second-order valence-electron chi connectivity index (χ2n) is 8.09. The van der Waals surface area contributed by atoms with Crippen molar-refractivity contribution in [3.05, 3.63) is 58.0 Å². The molecule has 2 nitrogen and oxygen atoms in total. The summed E-state index contributed by atoms with van der Waals surface area (Å²) in [5.41, 5.74) is 9.79. The Balaban J connectivity index is 2.00. The van der Waals surface area contributed by atoms with Crippen LogP contribution in [0.1, 0.15) is 60.5 Å². The molecule has 0 saturated heterocycles. The zero-order valence-corrected chi connectivity index (χ0v) is 18.0. The molecule has 0 amide bonds. The van der Waals surface area contributed by atoms with Gasteiger partial charge in [-0.3, -0.25) is 0 Å². The summed E-state index contributed by atoms with van der Waals surface area (Å²) in [6, 6.07) is 9.26. The summed E-state index contributed by atoms with van der Waals surface area (Å²) in [7, 11) is 0. The van der Waals surface area contributed by atoms with Crippen LogP contribution in [0.5, 0.6) is 0 Å². The fraction of sp³-hybridized carbons (Fsp3) is 0.385. The van der Waals surface area contributed by atoms with Gasteiger partial charge < -0.3 is 8.83 Å². The molecule has 0 bridgehead atoms. The Morgan fingerprint density at radius 1 is 0.607 bits per heavy atom. The third-order valence-electron chi connectivity index (χ3n) is 6.08. The highest BCUT2D eigenvalue weighted by molar-refractivity contribution is 5.94. The Bertz CT molecular complexity index is 1080. The summed E-state index contributed by atoms with van der Waals surface area (Å²) in [5.74, 6) is 2.04. The number of hydrogen-bond donors (Lipinski definition) is 0. The van der Waals surface area contributed by atoms with E-state index >= 15 is 0 Å². The minimum Gasteiger partial charge on any atom is -0.461 e. The van der Waals surface area contributed by atoms with Gasteiger partial charge in [0.05, 0.1) is 0 Å². The molecule has 0 saturated carbocycles. The van der Waals surface area contributed by atoms with Gasteiger partial charge in [0, 0.05) is 10.8 Å². The van der Waals surface area contributed by atoms with Crippen molar-refractivity contribution in [2.45, 2.75) is 67.2 Å². The van der Waals surface area contributed by atoms with Crippen molar-refractivity contribution >= 4 is 21.9 Å². The van der Waals surface area contributed by atoms with Crippen LogP contribution in [-0.2, 0) is 12.8 Å². The molecule has 4 rings (SSSR count). The van der Waals surface area contributed by atoms with Crippen LogP contribution in [0.3, 0.4) is 0 Å². The van der Waals surface area contributed by atoms with Gasteiger partial charge in [-0.05, 0) is 98.2 Å². The SMILES string of the molecule is CCCc1cc(-c2cc(CCC)c3oc(C)c(C)c3c2)cc2c(C)c(C)oc12. The maximum atomic E-state index is 6.11. The molecule has 2 aromatic carbocycles. The van der Waals surface area contributed by atoms with Crippen LogP contribution < -0.4 is 0 Å². The molecule has 0 aliphatic carbocycles. The fourth-order valence-electron chi connectivity index (χ4n) is 4.26. The standard InChI is InChI=1S/C26H30O2/c1-7-9-19-11-21(13-23-15(3)17(5)27-25(19)23)22-12-20(10-8-2)26-24(14-22)16(4)18(6)28-26/h11-14H,7-10H2,1-6H3. The molecular weight excluding hydrogens is 344 g/mol. The van der Waals surface area contributed by atoms with E-state index in [4.69, 9.17) is 8.83 Å². The van der Waals surface area contributed by atoms with Crippen LogP contribution in [0.4, 0.5) is 0 Å². The number of furan rings is 2. The molecule has 4 aromatic rings. The number of aryl methyl sites for hydroxylation is 6. The van der Waals surface area contributed by atoms with E-state index in [-0.39, 0.29) is 0 Å². The molecule has 0 aliphatic heterocycles. The van der Waals surface area contributed by atoms with Crippen molar-refractivity contribution < 1.29 is 8.83 Å². The Morgan fingerprint density at radius 2 is 1.00 bits per heavy atom. The lowest BCUT2D eigenvalue weighted by Crippen LogP contribution is -1.90. The lowest BCUT2D eigenvalue weighted by atomic mass is 9.93. The summed E-state index contributed by atoms with van der Waals surface area (Å²) >= 11 is 0. The van der Waals surface area contributed by atoms with Gasteiger partial charge in [-0.15, -0.1) is 0 Å². The van der Waals surface area contributed by atoms with Gasteiger partial charge in [-0.25, -0.2) is 0 Å². The van der Waals surface area contributed by atoms with Crippen molar-refractivity contribution in [1.82, 2.24) is 0 Å². The van der Waals surface area contributed by atoms with Crippen molar-refractivity contribution in [2.75, 3.05) is 0 Å². The van der Waals surface area contributed by atoms with Crippen molar-refractivity contribution in [3.63, 3.8) is 0 Å². The predicted octanol–water partition coefficient (Wildman–Crippen LogP) is 7.98. The predicted molar refractivity (Wildman–Crippen MR) is 118 cm³/mol. The molecule has 0 radical (unpaired) electrons. The van der Waals surface area contributed by atoms with Gasteiger partial charge >= 0.3 is 0 Å². The van der Waals surface area contributed by atoms with E-state index in [2.05, 4.69) is 65.8 Å². The van der Waals surface area contributed by atoms with E-state index < -0.39 is 0 Å². The van der Waals surface area contributed by atoms with E-state index in [9.17, 15) is 0 Å². The first-order chi connectivity index (χ1) is 13.4. The van der Waals surface area contributed by atoms with Gasteiger partial charge in [0.25, 0.3) is 0 Å². The molecule has 2 aromatic heterocycles. The Hall–Kier alpha value is -2.48. The molecule has 0 atom stereocenters. The minimum atomic E-state index is 1.02. The zero-order chi connectivity index (χ0) is 20.0. The Morgan fingerprint density at radius 3 is 1.36 bits per heavy atom. The first kappa shape index (κ1) is 18.9. The molecular formula is C26H30O2. The van der Waals surface area contributed by atoms with Crippen LogP contribution in [0.2, 0.25) is 0 Å². The van der Waals surface area contributed by atoms with Crippen LogP contribution in [-0.4, -0.2) is 0 Å². The number of rotatable bonds is 5. The number of hydrogen-bond acceptors (Lipinski definition) is 2. The quantitative estimate of drug-likeness (QED) is 0.354. The summed E-state index contributed by atoms with van der Waals surface area (Å²) in [4.78, 5) is 0. The third-order valence-corrected chi connectivity index (χ3v) is 6.08. The highest BCUT2D eigenvalue weighted by Crippen LogP contribution is 2.37. The molecule has 0 N–H and O–H groups in total. The summed E-state index contributed by atoms with van der Waals surface area (Å²) in [5, 5.41) is 2.49.